The second-order valence-electron chi connectivity index (χ2n) is 9.45. The maximum Gasteiger partial charge on any atom is 0.357 e. The highest BCUT2D eigenvalue weighted by Crippen LogP contribution is 2.28. The average molecular weight is 497 g/mol. The van der Waals surface area contributed by atoms with Gasteiger partial charge in [0.2, 0.25) is 11.8 Å². The van der Waals surface area contributed by atoms with Gasteiger partial charge < -0.3 is 25.4 Å². The zero-order valence-electron chi connectivity index (χ0n) is 21.2. The number of hydrogen-bond acceptors (Lipinski definition) is 8. The van der Waals surface area contributed by atoms with Crippen molar-refractivity contribution in [3.05, 3.63) is 16.1 Å². The molecule has 1 aliphatic heterocycles. The van der Waals surface area contributed by atoms with E-state index in [1.165, 1.54) is 18.4 Å². The molecule has 2 amide bonds. The second-order valence-corrected chi connectivity index (χ2v) is 10.3. The number of ether oxygens (including phenoxy) is 1. The second kappa shape index (κ2) is 13.2. The monoisotopic (exact) mass is 496 g/mol. The predicted octanol–water partition coefficient (Wildman–Crippen LogP) is 2.51. The zero-order chi connectivity index (χ0) is 25.4. The summed E-state index contributed by atoms with van der Waals surface area (Å²) in [5, 5.41) is 19.0. The van der Waals surface area contributed by atoms with Crippen LogP contribution in [0.25, 0.3) is 0 Å². The number of likely N-dealkylation sites (N-methyl/N-ethyl adjacent to an activating group) is 1. The molecule has 0 aliphatic carbocycles. The van der Waals surface area contributed by atoms with Gasteiger partial charge in [0.05, 0.1) is 13.2 Å². The van der Waals surface area contributed by atoms with Gasteiger partial charge in [-0.1, -0.05) is 40.5 Å². The molecule has 2 heterocycles. The molecule has 34 heavy (non-hydrogen) atoms. The third-order valence-corrected chi connectivity index (χ3v) is 7.63. The lowest BCUT2D eigenvalue weighted by atomic mass is 9.92. The van der Waals surface area contributed by atoms with Crippen molar-refractivity contribution in [1.29, 1.82) is 0 Å². The Balaban J connectivity index is 2.14. The zero-order valence-corrected chi connectivity index (χ0v) is 22.0. The maximum absolute atomic E-state index is 13.6. The number of aliphatic hydroxyl groups excluding tert-OH is 1. The summed E-state index contributed by atoms with van der Waals surface area (Å²) < 4.78 is 4.68. The van der Waals surface area contributed by atoms with Gasteiger partial charge in [0.1, 0.15) is 17.2 Å². The summed E-state index contributed by atoms with van der Waals surface area (Å²) in [6.07, 6.45) is 2.89. The van der Waals surface area contributed by atoms with Crippen molar-refractivity contribution in [3.8, 4) is 0 Å². The third-order valence-electron chi connectivity index (χ3n) is 6.68. The molecule has 1 unspecified atom stereocenters. The molecule has 10 heteroatoms. The Hall–Kier alpha value is -2.04. The summed E-state index contributed by atoms with van der Waals surface area (Å²) in [6, 6.07) is -1.20. The lowest BCUT2D eigenvalue weighted by Crippen LogP contribution is -2.57. The molecule has 3 N–H and O–H groups in total. The third kappa shape index (κ3) is 7.23. The van der Waals surface area contributed by atoms with Crippen molar-refractivity contribution in [3.63, 3.8) is 0 Å². The molecule has 1 saturated heterocycles. The van der Waals surface area contributed by atoms with E-state index >= 15 is 0 Å². The van der Waals surface area contributed by atoms with Gasteiger partial charge in [0, 0.05) is 24.9 Å². The fourth-order valence-corrected chi connectivity index (χ4v) is 5.03. The normalized spacial score (nSPS) is 19.7. The smallest absolute Gasteiger partial charge is 0.357 e. The van der Waals surface area contributed by atoms with E-state index in [2.05, 4.69) is 20.4 Å². The molecule has 0 aromatic carbocycles. The van der Waals surface area contributed by atoms with E-state index in [1.807, 2.05) is 27.7 Å². The Morgan fingerprint density at radius 3 is 2.59 bits per heavy atom. The van der Waals surface area contributed by atoms with Crippen LogP contribution >= 0.6 is 11.3 Å². The van der Waals surface area contributed by atoms with E-state index < -0.39 is 18.1 Å². The average Bonchev–Trinajstić information content (AvgIpc) is 3.34. The maximum atomic E-state index is 13.6. The molecule has 1 aromatic heterocycles. The number of carbonyl (C=O) groups is 3. The number of carbonyl (C=O) groups excluding carboxylic acids is 3. The Labute approximate surface area is 206 Å². The van der Waals surface area contributed by atoms with Crippen molar-refractivity contribution in [2.45, 2.75) is 84.0 Å². The van der Waals surface area contributed by atoms with E-state index in [0.717, 1.165) is 32.2 Å². The number of hydrogen-bond donors (Lipinski definition) is 3. The van der Waals surface area contributed by atoms with E-state index in [-0.39, 0.29) is 47.8 Å². The Morgan fingerprint density at radius 1 is 1.32 bits per heavy atom. The SMILES string of the molecule is CCC(C)[C@H](NC(=O)[C@H]1CCCCN1)C(=O)N(C)[C@H](C[C@@H](O)c1nc(C(=O)OC)cs1)C(C)C. The number of piperidine rings is 1. The van der Waals surface area contributed by atoms with Crippen molar-refractivity contribution < 1.29 is 24.2 Å². The molecule has 2 rings (SSSR count). The summed E-state index contributed by atoms with van der Waals surface area (Å²) >= 11 is 1.18. The first-order valence-corrected chi connectivity index (χ1v) is 13.0. The molecule has 1 fully saturated rings. The van der Waals surface area contributed by atoms with Crippen LogP contribution in [0.3, 0.4) is 0 Å². The lowest BCUT2D eigenvalue weighted by molar-refractivity contribution is -0.140. The first-order chi connectivity index (χ1) is 16.1. The van der Waals surface area contributed by atoms with Crippen LogP contribution in [0, 0.1) is 11.8 Å². The molecule has 5 atom stereocenters. The summed E-state index contributed by atoms with van der Waals surface area (Å²) in [7, 11) is 3.01. The van der Waals surface area contributed by atoms with E-state index in [4.69, 9.17) is 0 Å². The van der Waals surface area contributed by atoms with Crippen LogP contribution < -0.4 is 10.6 Å². The number of aromatic nitrogens is 1. The summed E-state index contributed by atoms with van der Waals surface area (Å²) in [6.45, 7) is 8.76. The van der Waals surface area contributed by atoms with Crippen molar-refractivity contribution in [2.75, 3.05) is 20.7 Å². The van der Waals surface area contributed by atoms with Crippen LogP contribution in [0.1, 0.15) is 81.4 Å². The van der Waals surface area contributed by atoms with Gasteiger partial charge in [-0.15, -0.1) is 11.3 Å². The number of methoxy groups -OCH3 is 1. The van der Waals surface area contributed by atoms with E-state index in [9.17, 15) is 19.5 Å². The Morgan fingerprint density at radius 2 is 2.03 bits per heavy atom. The van der Waals surface area contributed by atoms with Crippen molar-refractivity contribution >= 4 is 29.1 Å². The molecule has 1 aromatic rings. The van der Waals surface area contributed by atoms with Crippen LogP contribution in [-0.4, -0.2) is 71.6 Å². The predicted molar refractivity (Wildman–Crippen MR) is 131 cm³/mol. The Kier molecular flexibility index (Phi) is 10.9. The summed E-state index contributed by atoms with van der Waals surface area (Å²) in [5.41, 5.74) is 0.156. The number of amides is 2. The van der Waals surface area contributed by atoms with Gasteiger partial charge >= 0.3 is 5.97 Å². The van der Waals surface area contributed by atoms with Crippen molar-refractivity contribution in [2.24, 2.45) is 11.8 Å². The standard InChI is InChI=1S/C24H40N4O5S/c1-7-15(4)20(27-21(30)16-10-8-9-11-25-16)23(31)28(5)18(14(2)3)12-19(29)22-26-17(13-34-22)24(32)33-6/h13-16,18-20,25,29H,7-12H2,1-6H3,(H,27,30)/t15?,16-,18-,19-,20+/m1/s1. The Bertz CT molecular complexity index is 824. The number of nitrogens with one attached hydrogen (secondary N) is 2. The largest absolute Gasteiger partial charge is 0.464 e. The highest BCUT2D eigenvalue weighted by atomic mass is 32.1. The van der Waals surface area contributed by atoms with Gasteiger partial charge in [-0.3, -0.25) is 9.59 Å². The molecule has 0 bridgehead atoms. The fourth-order valence-electron chi connectivity index (χ4n) is 4.24. The van der Waals surface area contributed by atoms with Crippen LogP contribution in [0.5, 0.6) is 0 Å². The molecule has 0 spiro atoms. The molecule has 0 radical (unpaired) electrons. The minimum atomic E-state index is -0.936. The van der Waals surface area contributed by atoms with Crippen LogP contribution in [0.4, 0.5) is 0 Å². The molecule has 1 aliphatic rings. The molecular weight excluding hydrogens is 456 g/mol. The van der Waals surface area contributed by atoms with Gasteiger partial charge in [-0.05, 0) is 31.2 Å². The van der Waals surface area contributed by atoms with Crippen LogP contribution in [-0.2, 0) is 14.3 Å². The summed E-state index contributed by atoms with van der Waals surface area (Å²) in [5.74, 6) is -0.842. The topological polar surface area (TPSA) is 121 Å². The molecular formula is C24H40N4O5S. The van der Waals surface area contributed by atoms with Crippen molar-refractivity contribution in [1.82, 2.24) is 20.5 Å². The quantitative estimate of drug-likeness (QED) is 0.403. The van der Waals surface area contributed by atoms with Gasteiger partial charge in [0.15, 0.2) is 5.69 Å². The van der Waals surface area contributed by atoms with Gasteiger partial charge in [-0.2, -0.15) is 0 Å². The van der Waals surface area contributed by atoms with E-state index in [1.54, 1.807) is 17.3 Å². The highest BCUT2D eigenvalue weighted by molar-refractivity contribution is 7.09. The lowest BCUT2D eigenvalue weighted by Gasteiger charge is -2.37. The number of esters is 1. The van der Waals surface area contributed by atoms with Gasteiger partial charge in [-0.25, -0.2) is 9.78 Å². The van der Waals surface area contributed by atoms with Crippen LogP contribution in [0.15, 0.2) is 5.38 Å². The first-order valence-electron chi connectivity index (χ1n) is 12.1. The molecule has 192 valence electrons. The fraction of sp³-hybridized carbons (Fsp3) is 0.750. The van der Waals surface area contributed by atoms with Gasteiger partial charge in [0.25, 0.3) is 0 Å². The van der Waals surface area contributed by atoms with E-state index in [0.29, 0.717) is 5.01 Å². The molecule has 0 saturated carbocycles. The van der Waals surface area contributed by atoms with Crippen LogP contribution in [0.2, 0.25) is 0 Å². The number of aliphatic hydroxyl groups is 1. The minimum Gasteiger partial charge on any atom is -0.464 e. The molecule has 9 nitrogen and oxygen atoms in total. The number of nitrogens with zero attached hydrogens (tertiary/aromatic N) is 2. The highest BCUT2D eigenvalue weighted by Gasteiger charge is 2.35. The minimum absolute atomic E-state index is 0.0400. The first kappa shape index (κ1) is 28.2. The number of rotatable bonds is 11. The summed E-state index contributed by atoms with van der Waals surface area (Å²) in [4.78, 5) is 44.0. The number of thiazole rings is 1.